The molecule has 2 rings (SSSR count). The summed E-state index contributed by atoms with van der Waals surface area (Å²) in [5.74, 6) is 0. The molecule has 0 spiro atoms. The Balaban J connectivity index is 2.13. The van der Waals surface area contributed by atoms with Crippen molar-refractivity contribution in [2.24, 2.45) is 0 Å². The van der Waals surface area contributed by atoms with Crippen LogP contribution in [0.2, 0.25) is 0 Å². The van der Waals surface area contributed by atoms with Gasteiger partial charge in [0.1, 0.15) is 0 Å². The van der Waals surface area contributed by atoms with Crippen LogP contribution in [0.5, 0.6) is 0 Å². The summed E-state index contributed by atoms with van der Waals surface area (Å²) in [5.41, 5.74) is 0.858. The van der Waals surface area contributed by atoms with Crippen molar-refractivity contribution in [3.05, 3.63) is 23.8 Å². The van der Waals surface area contributed by atoms with Gasteiger partial charge in [0, 0.05) is 0 Å². The van der Waals surface area contributed by atoms with Crippen molar-refractivity contribution in [3.63, 3.8) is 0 Å². The van der Waals surface area contributed by atoms with Crippen molar-refractivity contribution in [3.8, 4) is 0 Å². The van der Waals surface area contributed by atoms with Gasteiger partial charge in [0.2, 0.25) is 0 Å². The van der Waals surface area contributed by atoms with Gasteiger partial charge < -0.3 is 5.11 Å². The summed E-state index contributed by atoms with van der Waals surface area (Å²) in [6.07, 6.45) is 11.6. The number of aliphatic hydroxyl groups is 1. The summed E-state index contributed by atoms with van der Waals surface area (Å²) in [7, 11) is 0. The molecule has 0 heterocycles. The monoisotopic (exact) mass is 150 g/mol. The summed E-state index contributed by atoms with van der Waals surface area (Å²) in [4.78, 5) is 0. The van der Waals surface area contributed by atoms with Crippen LogP contribution in [0, 0.1) is 0 Å². The Morgan fingerprint density at radius 1 is 1.36 bits per heavy atom. The topological polar surface area (TPSA) is 20.2 Å². The van der Waals surface area contributed by atoms with Gasteiger partial charge in [-0.1, -0.05) is 18.2 Å². The minimum atomic E-state index is -0.398. The van der Waals surface area contributed by atoms with Gasteiger partial charge in [0.25, 0.3) is 0 Å². The molecule has 0 amide bonds. The maximum atomic E-state index is 9.93. The summed E-state index contributed by atoms with van der Waals surface area (Å²) in [6, 6.07) is 0. The highest BCUT2D eigenvalue weighted by molar-refractivity contribution is 5.27. The SMILES string of the molecule is OC1(C2=CC=CCC2)CCC1. The Hall–Kier alpha value is -0.560. The fourth-order valence-electron chi connectivity index (χ4n) is 1.82. The third-order valence-corrected chi connectivity index (χ3v) is 2.79. The van der Waals surface area contributed by atoms with E-state index in [-0.39, 0.29) is 0 Å². The van der Waals surface area contributed by atoms with Crippen molar-refractivity contribution < 1.29 is 5.11 Å². The zero-order chi connectivity index (χ0) is 7.73. The zero-order valence-electron chi connectivity index (χ0n) is 6.71. The molecule has 11 heavy (non-hydrogen) atoms. The van der Waals surface area contributed by atoms with E-state index >= 15 is 0 Å². The van der Waals surface area contributed by atoms with E-state index < -0.39 is 5.60 Å². The van der Waals surface area contributed by atoms with E-state index in [0.717, 1.165) is 25.7 Å². The van der Waals surface area contributed by atoms with Gasteiger partial charge >= 0.3 is 0 Å². The predicted octanol–water partition coefficient (Wildman–Crippen LogP) is 2.18. The van der Waals surface area contributed by atoms with Crippen molar-refractivity contribution in [2.45, 2.75) is 37.7 Å². The van der Waals surface area contributed by atoms with E-state index in [9.17, 15) is 5.11 Å². The van der Waals surface area contributed by atoms with Crippen molar-refractivity contribution in [2.75, 3.05) is 0 Å². The standard InChI is InChI=1S/C10H14O/c11-10(7-4-8-10)9-5-2-1-3-6-9/h1-2,5,11H,3-4,6-8H2. The van der Waals surface area contributed by atoms with Crippen LogP contribution < -0.4 is 0 Å². The molecule has 0 aromatic rings. The highest BCUT2D eigenvalue weighted by atomic mass is 16.3. The molecule has 2 aliphatic rings. The molecule has 60 valence electrons. The van der Waals surface area contributed by atoms with E-state index in [1.165, 1.54) is 12.0 Å². The van der Waals surface area contributed by atoms with E-state index in [1.54, 1.807) is 0 Å². The van der Waals surface area contributed by atoms with Gasteiger partial charge in [0.05, 0.1) is 5.60 Å². The molecule has 0 atom stereocenters. The Labute approximate surface area is 67.4 Å². The lowest BCUT2D eigenvalue weighted by Crippen LogP contribution is -2.39. The fourth-order valence-corrected chi connectivity index (χ4v) is 1.82. The number of allylic oxidation sites excluding steroid dienone is 3. The minimum absolute atomic E-state index is 0.398. The van der Waals surface area contributed by atoms with Crippen LogP contribution in [-0.4, -0.2) is 10.7 Å². The number of hydrogen-bond acceptors (Lipinski definition) is 1. The molecule has 0 radical (unpaired) electrons. The molecule has 0 aromatic heterocycles. The Morgan fingerprint density at radius 3 is 2.64 bits per heavy atom. The molecule has 0 unspecified atom stereocenters. The Kier molecular flexibility index (Phi) is 1.61. The number of hydrogen-bond donors (Lipinski definition) is 1. The normalized spacial score (nSPS) is 27.5. The van der Waals surface area contributed by atoms with Gasteiger partial charge in [-0.3, -0.25) is 0 Å². The molecule has 0 aliphatic heterocycles. The lowest BCUT2D eigenvalue weighted by atomic mass is 9.72. The van der Waals surface area contributed by atoms with Crippen LogP contribution in [0.15, 0.2) is 23.8 Å². The first-order valence-corrected chi connectivity index (χ1v) is 4.40. The highest BCUT2D eigenvalue weighted by Crippen LogP contribution is 2.40. The Morgan fingerprint density at radius 2 is 2.18 bits per heavy atom. The third kappa shape index (κ3) is 1.14. The maximum absolute atomic E-state index is 9.93. The van der Waals surface area contributed by atoms with Gasteiger partial charge in [0.15, 0.2) is 0 Å². The lowest BCUT2D eigenvalue weighted by Gasteiger charge is -2.39. The third-order valence-electron chi connectivity index (χ3n) is 2.79. The lowest BCUT2D eigenvalue weighted by molar-refractivity contribution is -0.000391. The molecule has 2 aliphatic carbocycles. The van der Waals surface area contributed by atoms with Crippen LogP contribution in [-0.2, 0) is 0 Å². The van der Waals surface area contributed by atoms with Gasteiger partial charge in [-0.2, -0.15) is 0 Å². The van der Waals surface area contributed by atoms with Crippen molar-refractivity contribution >= 4 is 0 Å². The average Bonchev–Trinajstić information content (AvgIpc) is 2.02. The van der Waals surface area contributed by atoms with Crippen LogP contribution in [0.3, 0.4) is 0 Å². The summed E-state index contributed by atoms with van der Waals surface area (Å²) in [6.45, 7) is 0. The summed E-state index contributed by atoms with van der Waals surface area (Å²) >= 11 is 0. The molecule has 0 aromatic carbocycles. The predicted molar refractivity (Wildman–Crippen MR) is 45.3 cm³/mol. The first-order valence-electron chi connectivity index (χ1n) is 4.40. The fraction of sp³-hybridized carbons (Fsp3) is 0.600. The van der Waals surface area contributed by atoms with Crippen LogP contribution in [0.25, 0.3) is 0 Å². The molecule has 1 nitrogen and oxygen atoms in total. The molecular weight excluding hydrogens is 136 g/mol. The maximum Gasteiger partial charge on any atom is 0.0860 e. The quantitative estimate of drug-likeness (QED) is 0.607. The van der Waals surface area contributed by atoms with Crippen LogP contribution in [0.1, 0.15) is 32.1 Å². The molecule has 1 saturated carbocycles. The average molecular weight is 150 g/mol. The molecule has 0 saturated heterocycles. The van der Waals surface area contributed by atoms with Gasteiger partial charge in [-0.25, -0.2) is 0 Å². The van der Waals surface area contributed by atoms with E-state index in [1.807, 2.05) is 0 Å². The van der Waals surface area contributed by atoms with Crippen LogP contribution >= 0.6 is 0 Å². The second kappa shape index (κ2) is 2.49. The highest BCUT2D eigenvalue weighted by Gasteiger charge is 2.37. The first-order chi connectivity index (χ1) is 5.31. The second-order valence-corrected chi connectivity index (χ2v) is 3.54. The minimum Gasteiger partial charge on any atom is -0.386 e. The first kappa shape index (κ1) is 7.11. The largest absolute Gasteiger partial charge is 0.386 e. The molecular formula is C10H14O. The van der Waals surface area contributed by atoms with E-state index in [4.69, 9.17) is 0 Å². The summed E-state index contributed by atoms with van der Waals surface area (Å²) < 4.78 is 0. The van der Waals surface area contributed by atoms with Gasteiger partial charge in [-0.15, -0.1) is 0 Å². The van der Waals surface area contributed by atoms with Crippen molar-refractivity contribution in [1.29, 1.82) is 0 Å². The molecule has 1 heteroatoms. The zero-order valence-corrected chi connectivity index (χ0v) is 6.71. The molecule has 0 bridgehead atoms. The summed E-state index contributed by atoms with van der Waals surface area (Å²) in [5, 5.41) is 9.93. The number of rotatable bonds is 1. The van der Waals surface area contributed by atoms with E-state index in [2.05, 4.69) is 18.2 Å². The molecule has 1 fully saturated rings. The Bertz CT molecular complexity index is 209. The van der Waals surface area contributed by atoms with Gasteiger partial charge in [-0.05, 0) is 37.7 Å². The van der Waals surface area contributed by atoms with E-state index in [0.29, 0.717) is 0 Å². The second-order valence-electron chi connectivity index (χ2n) is 3.54. The smallest absolute Gasteiger partial charge is 0.0860 e. The van der Waals surface area contributed by atoms with Crippen LogP contribution in [0.4, 0.5) is 0 Å². The van der Waals surface area contributed by atoms with Crippen molar-refractivity contribution in [1.82, 2.24) is 0 Å². The molecule has 1 N–H and O–H groups in total.